The lowest BCUT2D eigenvalue weighted by molar-refractivity contribution is -0.142. The molecule has 0 aliphatic heterocycles. The van der Waals surface area contributed by atoms with Gasteiger partial charge in [-0.25, -0.2) is 0 Å². The maximum Gasteiger partial charge on any atom is 0.408 e. The van der Waals surface area contributed by atoms with Crippen LogP contribution in [0.3, 0.4) is 0 Å². The molecule has 1 unspecified atom stereocenters. The van der Waals surface area contributed by atoms with Crippen LogP contribution in [0, 0.1) is 0 Å². The molecule has 0 spiro atoms. The lowest BCUT2D eigenvalue weighted by atomic mass is 10.3. The van der Waals surface area contributed by atoms with E-state index < -0.39 is 12.7 Å². The number of aromatic nitrogens is 2. The van der Waals surface area contributed by atoms with E-state index in [2.05, 4.69) is 21.0 Å². The van der Waals surface area contributed by atoms with Gasteiger partial charge in [0, 0.05) is 6.20 Å². The predicted octanol–water partition coefficient (Wildman–Crippen LogP) is 2.90. The largest absolute Gasteiger partial charge is 0.408 e. The van der Waals surface area contributed by atoms with Crippen molar-refractivity contribution in [3.63, 3.8) is 0 Å². The summed E-state index contributed by atoms with van der Waals surface area (Å²) >= 11 is 3.22. The minimum atomic E-state index is -4.21. The molecule has 1 rings (SSSR count). The molecule has 0 aromatic carbocycles. The molecule has 0 N–H and O–H groups in total. The van der Waals surface area contributed by atoms with Crippen molar-refractivity contribution in [1.29, 1.82) is 0 Å². The third-order valence-corrected chi connectivity index (χ3v) is 1.88. The third-order valence-electron chi connectivity index (χ3n) is 1.41. The second kappa shape index (κ2) is 3.69. The number of halogens is 4. The summed E-state index contributed by atoms with van der Waals surface area (Å²) in [6.07, 6.45) is -2.89. The Kier molecular flexibility index (Phi) is 3.00. The van der Waals surface area contributed by atoms with Crippen molar-refractivity contribution in [3.8, 4) is 0 Å². The summed E-state index contributed by atoms with van der Waals surface area (Å²) in [7, 11) is 0. The van der Waals surface area contributed by atoms with E-state index in [1.165, 1.54) is 6.20 Å². The fourth-order valence-electron chi connectivity index (χ4n) is 0.861. The van der Waals surface area contributed by atoms with Gasteiger partial charge >= 0.3 is 6.18 Å². The van der Waals surface area contributed by atoms with Gasteiger partial charge in [0.25, 0.3) is 0 Å². The molecule has 0 aliphatic carbocycles. The Morgan fingerprint density at radius 3 is 2.62 bits per heavy atom. The minimum Gasteiger partial charge on any atom is -0.263 e. The molecule has 1 aromatic heterocycles. The summed E-state index contributed by atoms with van der Waals surface area (Å²) in [5.41, 5.74) is 0.601. The Balaban J connectivity index is 2.70. The van der Waals surface area contributed by atoms with Crippen LogP contribution in [0.4, 0.5) is 13.2 Å². The van der Waals surface area contributed by atoms with Gasteiger partial charge < -0.3 is 0 Å². The van der Waals surface area contributed by atoms with Gasteiger partial charge in [0.2, 0.25) is 0 Å². The van der Waals surface area contributed by atoms with Gasteiger partial charge in [-0.2, -0.15) is 18.3 Å². The van der Waals surface area contributed by atoms with Crippen molar-refractivity contribution in [2.24, 2.45) is 0 Å². The van der Waals surface area contributed by atoms with Crippen molar-refractivity contribution in [3.05, 3.63) is 18.0 Å². The average Bonchev–Trinajstić information content (AvgIpc) is 2.31. The van der Waals surface area contributed by atoms with Gasteiger partial charge in [-0.05, 0) is 13.0 Å². The molecule has 1 atom stereocenters. The van der Waals surface area contributed by atoms with Gasteiger partial charge in [0.1, 0.15) is 6.54 Å². The van der Waals surface area contributed by atoms with E-state index >= 15 is 0 Å². The molecule has 74 valence electrons. The van der Waals surface area contributed by atoms with E-state index in [1.807, 2.05) is 0 Å². The number of alkyl halides is 4. The fraction of sp³-hybridized carbons (Fsp3) is 0.571. The Hall–Kier alpha value is -0.520. The molecule has 0 bridgehead atoms. The zero-order valence-electron chi connectivity index (χ0n) is 6.85. The molecule has 1 aromatic rings. The Labute approximate surface area is 81.9 Å². The maximum atomic E-state index is 11.9. The van der Waals surface area contributed by atoms with Gasteiger partial charge in [-0.1, -0.05) is 15.9 Å². The topological polar surface area (TPSA) is 17.8 Å². The van der Waals surface area contributed by atoms with Crippen LogP contribution in [0.15, 0.2) is 12.3 Å². The monoisotopic (exact) mass is 256 g/mol. The van der Waals surface area contributed by atoms with Gasteiger partial charge in [0.15, 0.2) is 0 Å². The van der Waals surface area contributed by atoms with Crippen LogP contribution >= 0.6 is 15.9 Å². The number of rotatable bonds is 2. The van der Waals surface area contributed by atoms with Crippen LogP contribution in [0.1, 0.15) is 17.4 Å². The van der Waals surface area contributed by atoms with Crippen LogP contribution in [0.2, 0.25) is 0 Å². The van der Waals surface area contributed by atoms with Crippen LogP contribution in [0.5, 0.6) is 0 Å². The Bertz CT molecular complexity index is 280. The first-order valence-corrected chi connectivity index (χ1v) is 4.54. The number of hydrogen-bond donors (Lipinski definition) is 0. The van der Waals surface area contributed by atoms with Crippen LogP contribution < -0.4 is 0 Å². The molecule has 2 nitrogen and oxygen atoms in total. The Morgan fingerprint density at radius 2 is 2.23 bits per heavy atom. The lowest BCUT2D eigenvalue weighted by Crippen LogP contribution is -2.18. The van der Waals surface area contributed by atoms with Crippen LogP contribution in [-0.4, -0.2) is 16.0 Å². The van der Waals surface area contributed by atoms with Crippen LogP contribution in [-0.2, 0) is 6.54 Å². The zero-order chi connectivity index (χ0) is 10.1. The minimum absolute atomic E-state index is 0.0259. The second-order valence-electron chi connectivity index (χ2n) is 2.67. The highest BCUT2D eigenvalue weighted by molar-refractivity contribution is 9.09. The molecular formula is C7H8BrF3N2. The highest BCUT2D eigenvalue weighted by Gasteiger charge is 2.28. The number of nitrogens with zero attached hydrogens (tertiary/aromatic N) is 2. The lowest BCUT2D eigenvalue weighted by Gasteiger charge is -2.05. The normalized spacial score (nSPS) is 14.5. The van der Waals surface area contributed by atoms with Gasteiger partial charge in [-0.15, -0.1) is 0 Å². The average molecular weight is 257 g/mol. The molecular weight excluding hydrogens is 249 g/mol. The number of hydrogen-bond acceptors (Lipinski definition) is 1. The summed E-state index contributed by atoms with van der Waals surface area (Å²) in [5, 5.41) is 3.74. The molecule has 0 saturated carbocycles. The molecule has 0 fully saturated rings. The summed E-state index contributed by atoms with van der Waals surface area (Å²) in [5.74, 6) is 0. The predicted molar refractivity (Wildman–Crippen MR) is 45.6 cm³/mol. The van der Waals surface area contributed by atoms with E-state index in [-0.39, 0.29) is 4.83 Å². The first-order valence-electron chi connectivity index (χ1n) is 3.62. The van der Waals surface area contributed by atoms with E-state index in [0.29, 0.717) is 5.69 Å². The molecule has 0 saturated heterocycles. The Morgan fingerprint density at radius 1 is 1.62 bits per heavy atom. The van der Waals surface area contributed by atoms with Crippen molar-refractivity contribution in [2.45, 2.75) is 24.5 Å². The standard InChI is InChI=1S/C7H8BrF3N2/c1-5(8)6-2-3-13(12-6)4-7(9,10)11/h2-3,5H,4H2,1H3. The highest BCUT2D eigenvalue weighted by Crippen LogP contribution is 2.21. The smallest absolute Gasteiger partial charge is 0.263 e. The SMILES string of the molecule is CC(Br)c1ccn(CC(F)(F)F)n1. The van der Waals surface area contributed by atoms with Gasteiger partial charge in [0.05, 0.1) is 10.5 Å². The first kappa shape index (κ1) is 10.6. The van der Waals surface area contributed by atoms with Crippen molar-refractivity contribution in [2.75, 3.05) is 0 Å². The van der Waals surface area contributed by atoms with Crippen molar-refractivity contribution < 1.29 is 13.2 Å². The second-order valence-corrected chi connectivity index (χ2v) is 4.04. The summed E-state index contributed by atoms with van der Waals surface area (Å²) in [6, 6.07) is 1.56. The van der Waals surface area contributed by atoms with E-state index in [9.17, 15) is 13.2 Å². The van der Waals surface area contributed by atoms with E-state index in [0.717, 1.165) is 4.68 Å². The van der Waals surface area contributed by atoms with Crippen LogP contribution in [0.25, 0.3) is 0 Å². The van der Waals surface area contributed by atoms with Gasteiger partial charge in [-0.3, -0.25) is 4.68 Å². The van der Waals surface area contributed by atoms with E-state index in [1.54, 1.807) is 13.0 Å². The summed E-state index contributed by atoms with van der Waals surface area (Å²) in [4.78, 5) is -0.0259. The van der Waals surface area contributed by atoms with Crippen molar-refractivity contribution >= 4 is 15.9 Å². The molecule has 13 heavy (non-hydrogen) atoms. The summed E-state index contributed by atoms with van der Waals surface area (Å²) < 4.78 is 36.5. The summed E-state index contributed by atoms with van der Waals surface area (Å²) in [6.45, 7) is 0.771. The quantitative estimate of drug-likeness (QED) is 0.745. The van der Waals surface area contributed by atoms with Crippen molar-refractivity contribution in [1.82, 2.24) is 9.78 Å². The third kappa shape index (κ3) is 3.38. The van der Waals surface area contributed by atoms with E-state index in [4.69, 9.17) is 0 Å². The zero-order valence-corrected chi connectivity index (χ0v) is 8.43. The first-order chi connectivity index (χ1) is 5.88. The highest BCUT2D eigenvalue weighted by atomic mass is 79.9. The maximum absolute atomic E-state index is 11.9. The fourth-order valence-corrected chi connectivity index (χ4v) is 1.11. The molecule has 0 aliphatic rings. The molecule has 6 heteroatoms. The molecule has 0 amide bonds. The molecule has 0 radical (unpaired) electrons. The molecule has 1 heterocycles.